The van der Waals surface area contributed by atoms with Crippen LogP contribution in [-0.4, -0.2) is 17.0 Å². The van der Waals surface area contributed by atoms with Crippen LogP contribution in [0.1, 0.15) is 81.6 Å². The van der Waals surface area contributed by atoms with E-state index in [-0.39, 0.29) is 7.92 Å². The van der Waals surface area contributed by atoms with Crippen LogP contribution in [0.2, 0.25) is 0 Å². The van der Waals surface area contributed by atoms with Crippen LogP contribution < -0.4 is 0 Å². The SMILES string of the molecule is CC(C)CC(C)P(C(C)CC(C)C)C(C)CC(C)C. The number of hydrogen-bond donors (Lipinski definition) is 0. The molecule has 0 radical (unpaired) electrons. The summed E-state index contributed by atoms with van der Waals surface area (Å²) >= 11 is 0. The van der Waals surface area contributed by atoms with Gasteiger partial charge in [-0.1, -0.05) is 70.2 Å². The molecule has 3 unspecified atom stereocenters. The van der Waals surface area contributed by atoms with Crippen molar-refractivity contribution in [3.63, 3.8) is 0 Å². The summed E-state index contributed by atoms with van der Waals surface area (Å²) in [7, 11) is 0.158. The third-order valence-corrected chi connectivity index (χ3v) is 7.65. The van der Waals surface area contributed by atoms with Gasteiger partial charge in [0, 0.05) is 0 Å². The van der Waals surface area contributed by atoms with Gasteiger partial charge in [-0.05, 0) is 54.0 Å². The maximum atomic E-state index is 2.53. The zero-order valence-electron chi connectivity index (χ0n) is 15.0. The van der Waals surface area contributed by atoms with E-state index in [0.29, 0.717) is 0 Å². The molecule has 1 heteroatoms. The van der Waals surface area contributed by atoms with E-state index in [1.54, 1.807) is 0 Å². The van der Waals surface area contributed by atoms with E-state index in [1.807, 2.05) is 0 Å². The highest BCUT2D eigenvalue weighted by molar-refractivity contribution is 7.59. The summed E-state index contributed by atoms with van der Waals surface area (Å²) in [6, 6.07) is 0. The molecule has 0 nitrogen and oxygen atoms in total. The molecule has 0 bridgehead atoms. The Morgan fingerprint density at radius 1 is 0.474 bits per heavy atom. The average Bonchev–Trinajstić information content (AvgIpc) is 2.12. The van der Waals surface area contributed by atoms with Gasteiger partial charge in [0.1, 0.15) is 0 Å². The summed E-state index contributed by atoms with van der Waals surface area (Å²) in [5, 5.41) is 0. The second kappa shape index (κ2) is 9.38. The van der Waals surface area contributed by atoms with Crippen LogP contribution in [0.3, 0.4) is 0 Å². The molecule has 0 aromatic heterocycles. The van der Waals surface area contributed by atoms with Crippen molar-refractivity contribution in [1.82, 2.24) is 0 Å². The van der Waals surface area contributed by atoms with Crippen molar-refractivity contribution in [3.8, 4) is 0 Å². The van der Waals surface area contributed by atoms with Crippen LogP contribution in [0.25, 0.3) is 0 Å². The average molecular weight is 286 g/mol. The first-order valence-corrected chi connectivity index (χ1v) is 9.97. The minimum Gasteiger partial charge on any atom is -0.0980 e. The van der Waals surface area contributed by atoms with Gasteiger partial charge in [0.15, 0.2) is 0 Å². The zero-order valence-corrected chi connectivity index (χ0v) is 15.9. The Kier molecular flexibility index (Phi) is 9.59. The molecule has 0 spiro atoms. The van der Waals surface area contributed by atoms with Crippen molar-refractivity contribution < 1.29 is 0 Å². The molecule has 0 aliphatic rings. The van der Waals surface area contributed by atoms with Crippen molar-refractivity contribution >= 4 is 7.92 Å². The molecule has 0 rings (SSSR count). The summed E-state index contributed by atoms with van der Waals surface area (Å²) in [5.41, 5.74) is 2.78. The lowest BCUT2D eigenvalue weighted by atomic mass is 10.1. The highest BCUT2D eigenvalue weighted by Gasteiger charge is 2.29. The molecule has 0 aromatic carbocycles. The zero-order chi connectivity index (χ0) is 15.2. The fraction of sp³-hybridized carbons (Fsp3) is 1.00. The van der Waals surface area contributed by atoms with E-state index in [0.717, 1.165) is 34.7 Å². The quantitative estimate of drug-likeness (QED) is 0.410. The van der Waals surface area contributed by atoms with Crippen LogP contribution in [-0.2, 0) is 0 Å². The lowest BCUT2D eigenvalue weighted by Gasteiger charge is -2.38. The molecule has 0 saturated heterocycles. The fourth-order valence-corrected chi connectivity index (χ4v) is 8.32. The molecule has 19 heavy (non-hydrogen) atoms. The second-order valence-corrected chi connectivity index (χ2v) is 11.4. The maximum Gasteiger partial charge on any atom is -0.0230 e. The highest BCUT2D eigenvalue weighted by Crippen LogP contribution is 2.55. The molecule has 0 aliphatic carbocycles. The topological polar surface area (TPSA) is 0 Å². The summed E-state index contributed by atoms with van der Waals surface area (Å²) in [5.74, 6) is 2.53. The summed E-state index contributed by atoms with van der Waals surface area (Å²) < 4.78 is 0. The lowest BCUT2D eigenvalue weighted by molar-refractivity contribution is 0.540. The third kappa shape index (κ3) is 8.34. The molecule has 0 N–H and O–H groups in total. The molecule has 3 atom stereocenters. The lowest BCUT2D eigenvalue weighted by Crippen LogP contribution is -2.22. The van der Waals surface area contributed by atoms with Gasteiger partial charge < -0.3 is 0 Å². The number of rotatable bonds is 9. The maximum absolute atomic E-state index is 2.53. The van der Waals surface area contributed by atoms with E-state index in [9.17, 15) is 0 Å². The predicted octanol–water partition coefficient (Wildman–Crippen LogP) is 6.77. The van der Waals surface area contributed by atoms with E-state index in [2.05, 4.69) is 62.3 Å². The Hall–Kier alpha value is 0.430. The van der Waals surface area contributed by atoms with E-state index < -0.39 is 0 Å². The minimum absolute atomic E-state index is 0.158. The Labute approximate surface area is 124 Å². The van der Waals surface area contributed by atoms with Gasteiger partial charge in [-0.2, -0.15) is 0 Å². The Morgan fingerprint density at radius 2 is 0.684 bits per heavy atom. The van der Waals surface area contributed by atoms with Gasteiger partial charge >= 0.3 is 0 Å². The smallest absolute Gasteiger partial charge is 0.0230 e. The van der Waals surface area contributed by atoms with Gasteiger partial charge in [0.2, 0.25) is 0 Å². The normalized spacial score (nSPS) is 18.9. The van der Waals surface area contributed by atoms with Crippen molar-refractivity contribution in [2.24, 2.45) is 17.8 Å². The van der Waals surface area contributed by atoms with Gasteiger partial charge in [-0.3, -0.25) is 0 Å². The first kappa shape index (κ1) is 19.4. The fourth-order valence-electron chi connectivity index (χ4n) is 3.72. The molecule has 0 saturated carbocycles. The largest absolute Gasteiger partial charge is 0.0980 e. The van der Waals surface area contributed by atoms with Crippen LogP contribution in [0, 0.1) is 17.8 Å². The van der Waals surface area contributed by atoms with E-state index >= 15 is 0 Å². The van der Waals surface area contributed by atoms with Crippen LogP contribution in [0.15, 0.2) is 0 Å². The van der Waals surface area contributed by atoms with Crippen LogP contribution in [0.5, 0.6) is 0 Å². The first-order valence-electron chi connectivity index (χ1n) is 8.42. The molecule has 0 aliphatic heterocycles. The summed E-state index contributed by atoms with van der Waals surface area (Å²) in [4.78, 5) is 0. The molecular weight excluding hydrogens is 247 g/mol. The van der Waals surface area contributed by atoms with Crippen molar-refractivity contribution in [2.45, 2.75) is 98.6 Å². The Morgan fingerprint density at radius 3 is 0.842 bits per heavy atom. The second-order valence-electron chi connectivity index (χ2n) is 7.88. The van der Waals surface area contributed by atoms with Crippen molar-refractivity contribution in [2.75, 3.05) is 0 Å². The molecule has 0 amide bonds. The van der Waals surface area contributed by atoms with Crippen molar-refractivity contribution in [1.29, 1.82) is 0 Å². The predicted molar refractivity (Wildman–Crippen MR) is 93.7 cm³/mol. The molecule has 0 aromatic rings. The standard InChI is InChI=1S/C18H39P/c1-13(2)10-16(7)19(17(8)11-14(3)4)18(9)12-15(5)6/h13-18H,10-12H2,1-9H3. The molecule has 0 heterocycles. The monoisotopic (exact) mass is 286 g/mol. The van der Waals surface area contributed by atoms with Gasteiger partial charge in [0.05, 0.1) is 0 Å². The molecule has 0 fully saturated rings. The number of hydrogen-bond acceptors (Lipinski definition) is 0. The third-order valence-electron chi connectivity index (χ3n) is 3.96. The van der Waals surface area contributed by atoms with Gasteiger partial charge in [0.25, 0.3) is 0 Å². The highest BCUT2D eigenvalue weighted by atomic mass is 31.1. The minimum atomic E-state index is 0.158. The van der Waals surface area contributed by atoms with Crippen molar-refractivity contribution in [3.05, 3.63) is 0 Å². The van der Waals surface area contributed by atoms with E-state index in [1.165, 1.54) is 19.3 Å². The summed E-state index contributed by atoms with van der Waals surface area (Å²) in [6.45, 7) is 21.9. The van der Waals surface area contributed by atoms with Gasteiger partial charge in [-0.25, -0.2) is 0 Å². The molecule has 116 valence electrons. The van der Waals surface area contributed by atoms with Crippen LogP contribution in [0.4, 0.5) is 0 Å². The summed E-state index contributed by atoms with van der Waals surface area (Å²) in [6.07, 6.45) is 4.24. The first-order chi connectivity index (χ1) is 8.65. The van der Waals surface area contributed by atoms with Crippen LogP contribution >= 0.6 is 7.92 Å². The van der Waals surface area contributed by atoms with E-state index in [4.69, 9.17) is 0 Å². The Balaban J connectivity index is 4.79. The van der Waals surface area contributed by atoms with Gasteiger partial charge in [-0.15, -0.1) is 0 Å². The Bertz CT molecular complexity index is 182. The molecular formula is C18H39P.